The molecule has 0 atom stereocenters. The van der Waals surface area contributed by atoms with Crippen molar-refractivity contribution in [2.45, 2.75) is 12.8 Å². The van der Waals surface area contributed by atoms with E-state index in [2.05, 4.69) is 34.4 Å². The van der Waals surface area contributed by atoms with Gasteiger partial charge in [0, 0.05) is 25.5 Å². The molecular weight excluding hydrogens is 186 g/mol. The van der Waals surface area contributed by atoms with Crippen molar-refractivity contribution in [2.75, 3.05) is 33.7 Å². The third-order valence-electron chi connectivity index (χ3n) is 2.50. The summed E-state index contributed by atoms with van der Waals surface area (Å²) in [6.45, 7) is 3.34. The first-order valence-corrected chi connectivity index (χ1v) is 5.55. The minimum Gasteiger partial charge on any atom is -0.318 e. The Morgan fingerprint density at radius 2 is 2.00 bits per heavy atom. The lowest BCUT2D eigenvalue weighted by Crippen LogP contribution is -2.28. The maximum atomic E-state index is 4.01. The van der Waals surface area contributed by atoms with E-state index in [9.17, 15) is 0 Å². The molecule has 0 unspecified atom stereocenters. The van der Waals surface area contributed by atoms with E-state index < -0.39 is 0 Å². The van der Waals surface area contributed by atoms with Crippen LogP contribution in [0.1, 0.15) is 12.0 Å². The van der Waals surface area contributed by atoms with Gasteiger partial charge in [0.15, 0.2) is 0 Å². The summed E-state index contributed by atoms with van der Waals surface area (Å²) in [4.78, 5) is 6.37. The maximum Gasteiger partial charge on any atom is 0.0270 e. The number of likely N-dealkylation sites (N-methyl/N-ethyl adjacent to an activating group) is 2. The highest BCUT2D eigenvalue weighted by Gasteiger charge is 1.97. The van der Waals surface area contributed by atoms with Crippen molar-refractivity contribution in [2.24, 2.45) is 0 Å². The molecule has 0 bridgehead atoms. The normalized spacial score (nSPS) is 10.9. The first-order valence-electron chi connectivity index (χ1n) is 5.55. The second-order valence-corrected chi connectivity index (χ2v) is 3.87. The van der Waals surface area contributed by atoms with Crippen LogP contribution in [0.5, 0.6) is 0 Å². The van der Waals surface area contributed by atoms with Crippen molar-refractivity contribution >= 4 is 0 Å². The second-order valence-electron chi connectivity index (χ2n) is 3.87. The minimum absolute atomic E-state index is 1.06. The molecule has 0 radical (unpaired) electrons. The van der Waals surface area contributed by atoms with Gasteiger partial charge in [0.2, 0.25) is 0 Å². The number of hydrogen-bond acceptors (Lipinski definition) is 3. The summed E-state index contributed by atoms with van der Waals surface area (Å²) >= 11 is 0. The zero-order valence-corrected chi connectivity index (χ0v) is 9.74. The molecule has 15 heavy (non-hydrogen) atoms. The molecule has 0 aliphatic heterocycles. The molecule has 1 heterocycles. The maximum absolute atomic E-state index is 4.01. The van der Waals surface area contributed by atoms with Crippen LogP contribution in [0.15, 0.2) is 24.5 Å². The number of nitrogens with one attached hydrogen (secondary N) is 1. The largest absolute Gasteiger partial charge is 0.318 e. The van der Waals surface area contributed by atoms with Crippen molar-refractivity contribution in [3.63, 3.8) is 0 Å². The second kappa shape index (κ2) is 7.37. The summed E-state index contributed by atoms with van der Waals surface area (Å²) in [6, 6.07) is 4.18. The SMILES string of the molecule is CNCCN(C)CCCc1ccncc1. The number of nitrogens with zero attached hydrogens (tertiary/aromatic N) is 2. The zero-order chi connectivity index (χ0) is 10.9. The number of hydrogen-bond donors (Lipinski definition) is 1. The van der Waals surface area contributed by atoms with Crippen LogP contribution in [-0.2, 0) is 6.42 Å². The average molecular weight is 207 g/mol. The zero-order valence-electron chi connectivity index (χ0n) is 9.74. The third-order valence-corrected chi connectivity index (χ3v) is 2.50. The smallest absolute Gasteiger partial charge is 0.0270 e. The summed E-state index contributed by atoms with van der Waals surface area (Å²) in [5.41, 5.74) is 1.38. The van der Waals surface area contributed by atoms with Gasteiger partial charge in [-0.25, -0.2) is 0 Å². The Kier molecular flexibility index (Phi) is 5.97. The molecule has 0 aliphatic carbocycles. The van der Waals surface area contributed by atoms with Crippen molar-refractivity contribution in [3.8, 4) is 0 Å². The molecule has 3 nitrogen and oxygen atoms in total. The molecule has 1 aromatic rings. The highest BCUT2D eigenvalue weighted by atomic mass is 15.1. The van der Waals surface area contributed by atoms with Crippen molar-refractivity contribution in [3.05, 3.63) is 30.1 Å². The number of rotatable bonds is 7. The van der Waals surface area contributed by atoms with Gasteiger partial charge in [-0.2, -0.15) is 0 Å². The van der Waals surface area contributed by atoms with Gasteiger partial charge in [-0.3, -0.25) is 4.98 Å². The van der Waals surface area contributed by atoms with Crippen LogP contribution in [0.3, 0.4) is 0 Å². The Morgan fingerprint density at radius 3 is 2.67 bits per heavy atom. The van der Waals surface area contributed by atoms with Crippen LogP contribution in [0.25, 0.3) is 0 Å². The van der Waals surface area contributed by atoms with Gasteiger partial charge in [-0.1, -0.05) is 0 Å². The number of aromatic nitrogens is 1. The monoisotopic (exact) mass is 207 g/mol. The predicted octanol–water partition coefficient (Wildman–Crippen LogP) is 1.17. The first-order chi connectivity index (χ1) is 7.33. The quantitative estimate of drug-likeness (QED) is 0.727. The highest BCUT2D eigenvalue weighted by molar-refractivity contribution is 5.09. The molecule has 0 amide bonds. The van der Waals surface area contributed by atoms with E-state index in [4.69, 9.17) is 0 Å². The number of aryl methyl sites for hydroxylation is 1. The molecule has 0 spiro atoms. The van der Waals surface area contributed by atoms with Crippen molar-refractivity contribution in [1.29, 1.82) is 0 Å². The van der Waals surface area contributed by atoms with E-state index in [0.717, 1.165) is 26.1 Å². The van der Waals surface area contributed by atoms with Gasteiger partial charge in [0.05, 0.1) is 0 Å². The fraction of sp³-hybridized carbons (Fsp3) is 0.583. The van der Waals surface area contributed by atoms with Gasteiger partial charge in [-0.05, 0) is 51.2 Å². The fourth-order valence-electron chi connectivity index (χ4n) is 1.52. The van der Waals surface area contributed by atoms with Crippen molar-refractivity contribution in [1.82, 2.24) is 15.2 Å². The van der Waals surface area contributed by atoms with Crippen molar-refractivity contribution < 1.29 is 0 Å². The van der Waals surface area contributed by atoms with Crippen LogP contribution in [0.2, 0.25) is 0 Å². The predicted molar refractivity (Wildman–Crippen MR) is 64.0 cm³/mol. The van der Waals surface area contributed by atoms with Crippen LogP contribution < -0.4 is 5.32 Å². The van der Waals surface area contributed by atoms with Gasteiger partial charge < -0.3 is 10.2 Å². The molecule has 0 aliphatic rings. The van der Waals surface area contributed by atoms with E-state index in [1.807, 2.05) is 19.4 Å². The lowest BCUT2D eigenvalue weighted by atomic mass is 10.1. The lowest BCUT2D eigenvalue weighted by Gasteiger charge is -2.15. The Labute approximate surface area is 92.5 Å². The van der Waals surface area contributed by atoms with Gasteiger partial charge in [0.25, 0.3) is 0 Å². The van der Waals surface area contributed by atoms with E-state index in [0.29, 0.717) is 0 Å². The topological polar surface area (TPSA) is 28.2 Å². The summed E-state index contributed by atoms with van der Waals surface area (Å²) in [7, 11) is 4.16. The number of pyridine rings is 1. The summed E-state index contributed by atoms with van der Waals surface area (Å²) in [6.07, 6.45) is 6.08. The molecule has 0 saturated carbocycles. The molecule has 0 aromatic carbocycles. The summed E-state index contributed by atoms with van der Waals surface area (Å²) in [5, 5.41) is 3.16. The first kappa shape index (κ1) is 12.1. The molecule has 1 aromatic heterocycles. The van der Waals surface area contributed by atoms with Gasteiger partial charge in [-0.15, -0.1) is 0 Å². The Morgan fingerprint density at radius 1 is 1.27 bits per heavy atom. The molecule has 0 saturated heterocycles. The molecular formula is C12H21N3. The van der Waals surface area contributed by atoms with E-state index in [1.54, 1.807) is 0 Å². The fourth-order valence-corrected chi connectivity index (χ4v) is 1.52. The highest BCUT2D eigenvalue weighted by Crippen LogP contribution is 2.01. The van der Waals surface area contributed by atoms with Gasteiger partial charge in [0.1, 0.15) is 0 Å². The van der Waals surface area contributed by atoms with E-state index >= 15 is 0 Å². The molecule has 1 N–H and O–H groups in total. The van der Waals surface area contributed by atoms with Crippen LogP contribution in [0, 0.1) is 0 Å². The lowest BCUT2D eigenvalue weighted by molar-refractivity contribution is 0.331. The Bertz CT molecular complexity index is 248. The Balaban J connectivity index is 2.11. The summed E-state index contributed by atoms with van der Waals surface area (Å²) in [5.74, 6) is 0. The van der Waals surface area contributed by atoms with Crippen LogP contribution in [0.4, 0.5) is 0 Å². The van der Waals surface area contributed by atoms with Gasteiger partial charge >= 0.3 is 0 Å². The van der Waals surface area contributed by atoms with E-state index in [-0.39, 0.29) is 0 Å². The average Bonchev–Trinajstić information content (AvgIpc) is 2.28. The standard InChI is InChI=1S/C12H21N3/c1-13-9-11-15(2)10-3-4-12-5-7-14-8-6-12/h5-8,13H,3-4,9-11H2,1-2H3. The van der Waals surface area contributed by atoms with E-state index in [1.165, 1.54) is 12.0 Å². The third kappa shape index (κ3) is 5.50. The molecule has 3 heteroatoms. The molecule has 0 fully saturated rings. The minimum atomic E-state index is 1.06. The van der Waals surface area contributed by atoms with Crippen LogP contribution >= 0.6 is 0 Å². The molecule has 84 valence electrons. The Hall–Kier alpha value is -0.930. The summed E-state index contributed by atoms with van der Waals surface area (Å²) < 4.78 is 0. The van der Waals surface area contributed by atoms with Crippen LogP contribution in [-0.4, -0.2) is 43.6 Å². The molecule has 1 rings (SSSR count).